The molecule has 0 fully saturated rings. The lowest BCUT2D eigenvalue weighted by Crippen LogP contribution is -2.41. The lowest BCUT2D eigenvalue weighted by molar-refractivity contribution is -0.154. The van der Waals surface area contributed by atoms with Crippen LogP contribution in [-0.2, 0) is 11.0 Å². The molecule has 0 saturated heterocycles. The summed E-state index contributed by atoms with van der Waals surface area (Å²) in [6.07, 6.45) is -1.51. The second-order valence-corrected chi connectivity index (χ2v) is 10.7. The van der Waals surface area contributed by atoms with Gasteiger partial charge in [0.15, 0.2) is 0 Å². The molecule has 0 bridgehead atoms. The zero-order chi connectivity index (χ0) is 25.1. The molecule has 0 spiro atoms. The van der Waals surface area contributed by atoms with E-state index in [2.05, 4.69) is 4.98 Å². The largest absolute Gasteiger partial charge is 0.478 e. The highest BCUT2D eigenvalue weighted by molar-refractivity contribution is 7.99. The predicted octanol–water partition coefficient (Wildman–Crippen LogP) is 8.01. The zero-order valence-electron chi connectivity index (χ0n) is 19.3. The fourth-order valence-corrected chi connectivity index (χ4v) is 5.52. The molecule has 2 aromatic carbocycles. The molecule has 1 N–H and O–H groups in total. The third-order valence-corrected chi connectivity index (χ3v) is 7.87. The Labute approximate surface area is 205 Å². The highest BCUT2D eigenvalue weighted by Crippen LogP contribution is 2.41. The van der Waals surface area contributed by atoms with Gasteiger partial charge in [0.25, 0.3) is 0 Å². The lowest BCUT2D eigenvalue weighted by atomic mass is 10.0. The molecule has 0 radical (unpaired) electrons. The van der Waals surface area contributed by atoms with Crippen molar-refractivity contribution >= 4 is 29.1 Å². The van der Waals surface area contributed by atoms with E-state index in [1.165, 1.54) is 23.5 Å². The molecule has 4 nitrogen and oxygen atoms in total. The van der Waals surface area contributed by atoms with E-state index in [0.29, 0.717) is 29.2 Å². The number of alkyl halides is 3. The summed E-state index contributed by atoms with van der Waals surface area (Å²) in [4.78, 5) is 18.1. The quantitative estimate of drug-likeness (QED) is 0.296. The topological polar surface area (TPSA) is 59.4 Å². The van der Waals surface area contributed by atoms with Gasteiger partial charge in [-0.1, -0.05) is 25.5 Å². The van der Waals surface area contributed by atoms with Crippen molar-refractivity contribution in [1.82, 2.24) is 4.98 Å². The number of aryl methyl sites for hydroxylation is 1. The number of carboxylic acids is 1. The summed E-state index contributed by atoms with van der Waals surface area (Å²) in [5, 5.41) is 10.3. The fourth-order valence-electron chi connectivity index (χ4n) is 3.40. The SMILES string of the molecule is CCCC(C)(Oc1ccc(SC(C)c2cnc(-c3ccc(C(F)(F)F)cc3)s2)cc1C)C(=O)O. The number of carbonyl (C=O) groups is 1. The Hall–Kier alpha value is -2.52. The van der Waals surface area contributed by atoms with Gasteiger partial charge < -0.3 is 9.84 Å². The van der Waals surface area contributed by atoms with Crippen LogP contribution in [0.5, 0.6) is 5.75 Å². The molecule has 0 aliphatic carbocycles. The van der Waals surface area contributed by atoms with Crippen LogP contribution in [0.25, 0.3) is 10.6 Å². The minimum absolute atomic E-state index is 0.0660. The van der Waals surface area contributed by atoms with E-state index in [1.54, 1.807) is 30.9 Å². The number of carboxylic acid groups (broad SMARTS) is 1. The van der Waals surface area contributed by atoms with Gasteiger partial charge in [0.1, 0.15) is 10.8 Å². The van der Waals surface area contributed by atoms with Crippen molar-refractivity contribution in [2.24, 2.45) is 0 Å². The third kappa shape index (κ3) is 6.13. The third-order valence-electron chi connectivity index (χ3n) is 5.36. The van der Waals surface area contributed by atoms with Crippen LogP contribution in [0, 0.1) is 6.92 Å². The van der Waals surface area contributed by atoms with Crippen LogP contribution in [0.4, 0.5) is 13.2 Å². The Bertz CT molecular complexity index is 1150. The summed E-state index contributed by atoms with van der Waals surface area (Å²) in [5.74, 6) is -0.451. The Kier molecular flexibility index (Phi) is 7.98. The molecule has 34 heavy (non-hydrogen) atoms. The van der Waals surface area contributed by atoms with Crippen molar-refractivity contribution in [3.63, 3.8) is 0 Å². The monoisotopic (exact) mass is 509 g/mol. The number of nitrogens with zero attached hydrogens (tertiary/aromatic N) is 1. The van der Waals surface area contributed by atoms with Crippen molar-refractivity contribution < 1.29 is 27.8 Å². The Morgan fingerprint density at radius 2 is 1.88 bits per heavy atom. The number of benzene rings is 2. The number of thioether (sulfide) groups is 1. The summed E-state index contributed by atoms with van der Waals surface area (Å²) in [7, 11) is 0. The normalized spacial score (nSPS) is 14.4. The number of aromatic nitrogens is 1. The highest BCUT2D eigenvalue weighted by atomic mass is 32.2. The molecule has 3 rings (SSSR count). The lowest BCUT2D eigenvalue weighted by Gasteiger charge is -2.27. The molecule has 3 aromatic rings. The maximum absolute atomic E-state index is 12.8. The minimum atomic E-state index is -4.36. The summed E-state index contributed by atoms with van der Waals surface area (Å²) >= 11 is 3.07. The first-order chi connectivity index (χ1) is 15.9. The highest BCUT2D eigenvalue weighted by Gasteiger charge is 2.35. The van der Waals surface area contributed by atoms with Crippen LogP contribution >= 0.6 is 23.1 Å². The first-order valence-electron chi connectivity index (χ1n) is 10.8. The van der Waals surface area contributed by atoms with Crippen LogP contribution in [0.1, 0.15) is 54.9 Å². The molecule has 0 aliphatic rings. The molecular weight excluding hydrogens is 483 g/mol. The molecule has 182 valence electrons. The number of aliphatic carboxylic acids is 1. The number of halogens is 3. The van der Waals surface area contributed by atoms with E-state index < -0.39 is 23.3 Å². The number of rotatable bonds is 9. The van der Waals surface area contributed by atoms with Gasteiger partial charge >= 0.3 is 12.1 Å². The molecule has 2 atom stereocenters. The van der Waals surface area contributed by atoms with Crippen LogP contribution < -0.4 is 4.74 Å². The van der Waals surface area contributed by atoms with Crippen LogP contribution in [0.2, 0.25) is 0 Å². The number of hydrogen-bond acceptors (Lipinski definition) is 5. The van der Waals surface area contributed by atoms with Crippen molar-refractivity contribution in [3.8, 4) is 16.3 Å². The molecule has 0 saturated carbocycles. The minimum Gasteiger partial charge on any atom is -0.478 e. The second kappa shape index (κ2) is 10.4. The van der Waals surface area contributed by atoms with E-state index >= 15 is 0 Å². The van der Waals surface area contributed by atoms with Gasteiger partial charge in [-0.15, -0.1) is 23.1 Å². The van der Waals surface area contributed by atoms with Gasteiger partial charge in [-0.25, -0.2) is 9.78 Å². The molecule has 1 aromatic heterocycles. The van der Waals surface area contributed by atoms with Crippen LogP contribution in [0.3, 0.4) is 0 Å². The van der Waals surface area contributed by atoms with Gasteiger partial charge in [-0.3, -0.25) is 0 Å². The smallest absolute Gasteiger partial charge is 0.416 e. The summed E-state index contributed by atoms with van der Waals surface area (Å²) in [5.41, 5.74) is -0.472. The van der Waals surface area contributed by atoms with Crippen LogP contribution in [-0.4, -0.2) is 21.7 Å². The standard InChI is InChI=1S/C25H26F3NO3S2/c1-5-12-24(4,23(30)31)32-20-11-10-19(13-15(20)2)33-16(3)21-14-29-22(34-21)17-6-8-18(9-7-17)25(26,27)28/h6-11,13-14,16H,5,12H2,1-4H3,(H,30,31). The Morgan fingerprint density at radius 1 is 1.21 bits per heavy atom. The summed E-state index contributed by atoms with van der Waals surface area (Å²) < 4.78 is 44.3. The van der Waals surface area contributed by atoms with Crippen molar-refractivity contribution in [1.29, 1.82) is 0 Å². The van der Waals surface area contributed by atoms with Crippen molar-refractivity contribution in [2.75, 3.05) is 0 Å². The number of thiazole rings is 1. The van der Waals surface area contributed by atoms with E-state index in [9.17, 15) is 23.1 Å². The van der Waals surface area contributed by atoms with E-state index in [-0.39, 0.29) is 5.25 Å². The van der Waals surface area contributed by atoms with E-state index in [1.807, 2.05) is 32.9 Å². The van der Waals surface area contributed by atoms with Gasteiger partial charge in [0, 0.05) is 26.8 Å². The number of hydrogen-bond donors (Lipinski definition) is 1. The van der Waals surface area contributed by atoms with Gasteiger partial charge in [-0.2, -0.15) is 13.2 Å². The molecule has 0 amide bonds. The second-order valence-electron chi connectivity index (χ2n) is 8.22. The van der Waals surface area contributed by atoms with E-state index in [4.69, 9.17) is 4.74 Å². The first-order valence-corrected chi connectivity index (χ1v) is 12.5. The average Bonchev–Trinajstić information content (AvgIpc) is 3.26. The van der Waals surface area contributed by atoms with Gasteiger partial charge in [-0.05, 0) is 63.1 Å². The Balaban J connectivity index is 1.70. The maximum atomic E-state index is 12.8. The summed E-state index contributed by atoms with van der Waals surface area (Å²) in [6.45, 7) is 7.42. The average molecular weight is 510 g/mol. The molecule has 9 heteroatoms. The predicted molar refractivity (Wildman–Crippen MR) is 130 cm³/mol. The molecular formula is C25H26F3NO3S2. The van der Waals surface area contributed by atoms with Crippen molar-refractivity contribution in [2.45, 2.75) is 62.5 Å². The van der Waals surface area contributed by atoms with Gasteiger partial charge in [0.05, 0.1) is 5.56 Å². The van der Waals surface area contributed by atoms with Crippen molar-refractivity contribution in [3.05, 3.63) is 64.7 Å². The molecule has 1 heterocycles. The summed E-state index contributed by atoms with van der Waals surface area (Å²) in [6, 6.07) is 10.7. The van der Waals surface area contributed by atoms with Gasteiger partial charge in [0.2, 0.25) is 5.60 Å². The zero-order valence-corrected chi connectivity index (χ0v) is 20.9. The first kappa shape index (κ1) is 26.1. The van der Waals surface area contributed by atoms with E-state index in [0.717, 1.165) is 27.5 Å². The fraction of sp³-hybridized carbons (Fsp3) is 0.360. The maximum Gasteiger partial charge on any atom is 0.416 e. The molecule has 2 unspecified atom stereocenters. The molecule has 0 aliphatic heterocycles. The number of ether oxygens (including phenoxy) is 1. The Morgan fingerprint density at radius 3 is 2.44 bits per heavy atom. The van der Waals surface area contributed by atoms with Crippen LogP contribution in [0.15, 0.2) is 53.6 Å².